The molecule has 2 aliphatic rings. The first-order chi connectivity index (χ1) is 21.4. The van der Waals surface area contributed by atoms with Gasteiger partial charge < -0.3 is 13.5 Å². The summed E-state index contributed by atoms with van der Waals surface area (Å²) in [4.78, 5) is 1.33. The fourth-order valence-electron chi connectivity index (χ4n) is 8.53. The number of benzene rings is 6. The third kappa shape index (κ3) is 2.27. The van der Waals surface area contributed by atoms with Crippen molar-refractivity contribution in [2.75, 3.05) is 0 Å². The van der Waals surface area contributed by atoms with E-state index in [1.165, 1.54) is 91.5 Å². The van der Waals surface area contributed by atoms with Gasteiger partial charge in [0.1, 0.15) is 10.4 Å². The van der Waals surface area contributed by atoms with Gasteiger partial charge in [0.15, 0.2) is 5.58 Å². The van der Waals surface area contributed by atoms with E-state index in [2.05, 4.69) is 124 Å². The Kier molecular flexibility index (Phi) is 3.50. The van der Waals surface area contributed by atoms with Crippen LogP contribution < -0.4 is 10.9 Å². The van der Waals surface area contributed by atoms with Crippen LogP contribution in [0.15, 0.2) is 120 Å². The Hall–Kier alpha value is -5.26. The minimum atomic E-state index is 0.0250. The van der Waals surface area contributed by atoms with Crippen LogP contribution in [0.4, 0.5) is 0 Å². The van der Waals surface area contributed by atoms with E-state index < -0.39 is 0 Å². The maximum Gasteiger partial charge on any atom is 0.333 e. The molecule has 6 heterocycles. The first-order valence-electron chi connectivity index (χ1n) is 14.8. The summed E-state index contributed by atoms with van der Waals surface area (Å²) in [5.74, 6) is 0. The maximum absolute atomic E-state index is 6.65. The summed E-state index contributed by atoms with van der Waals surface area (Å²) in [6.45, 7) is 0.0250. The van der Waals surface area contributed by atoms with Gasteiger partial charge in [-0.15, -0.1) is 11.3 Å². The summed E-state index contributed by atoms with van der Waals surface area (Å²) >= 11 is 1.91. The average Bonchev–Trinajstić information content (AvgIpc) is 3.79. The van der Waals surface area contributed by atoms with Gasteiger partial charge in [0.25, 0.3) is 0 Å². The van der Waals surface area contributed by atoms with E-state index in [9.17, 15) is 0 Å². The lowest BCUT2D eigenvalue weighted by Gasteiger charge is -2.34. The van der Waals surface area contributed by atoms with Gasteiger partial charge in [-0.05, 0) is 52.2 Å². The number of nitrogens with zero attached hydrogens (tertiary/aromatic N) is 2. The highest BCUT2D eigenvalue weighted by molar-refractivity contribution is 7.26. The number of hydrogen-bond acceptors (Lipinski definition) is 2. The van der Waals surface area contributed by atoms with Crippen molar-refractivity contribution >= 4 is 104 Å². The number of rotatable bonds is 0. The Morgan fingerprint density at radius 1 is 0.605 bits per heavy atom. The fourth-order valence-corrected chi connectivity index (χ4v) is 9.77. The lowest BCUT2D eigenvalue weighted by molar-refractivity contribution is 0.673. The molecule has 3 nitrogen and oxygen atoms in total. The molecule has 0 amide bonds. The molecule has 2 aliphatic heterocycles. The van der Waals surface area contributed by atoms with Crippen molar-refractivity contribution < 1.29 is 4.42 Å². The van der Waals surface area contributed by atoms with E-state index >= 15 is 0 Å². The van der Waals surface area contributed by atoms with E-state index in [1.54, 1.807) is 0 Å². The molecule has 6 aromatic carbocycles. The van der Waals surface area contributed by atoms with Crippen molar-refractivity contribution in [2.45, 2.75) is 0 Å². The van der Waals surface area contributed by atoms with Crippen molar-refractivity contribution in [3.05, 3.63) is 115 Å². The Morgan fingerprint density at radius 2 is 1.37 bits per heavy atom. The summed E-state index contributed by atoms with van der Waals surface area (Å²) in [7, 11) is 0. The topological polar surface area (TPSA) is 23.0 Å². The standard InChI is InChI=1S/C38H19BN2OS/c1-2-10-21-20(9-1)19-27-22-13-7-15-26-33(22)41(36-23-11-3-5-17-29(23)42-37(26)36)39-28-16-8-14-25-31-24-12-4-6-18-30(24)43-38(31)40(34(25)28)35(21)32(27)39/h1-19H. The molecular weight excluding hydrogens is 543 g/mol. The second kappa shape index (κ2) is 7.03. The average molecular weight is 562 g/mol. The van der Waals surface area contributed by atoms with Gasteiger partial charge >= 0.3 is 6.85 Å². The van der Waals surface area contributed by atoms with Gasteiger partial charge in [-0.1, -0.05) is 84.9 Å². The zero-order valence-corrected chi connectivity index (χ0v) is 23.6. The Bertz CT molecular complexity index is 2920. The van der Waals surface area contributed by atoms with Crippen molar-refractivity contribution in [1.29, 1.82) is 0 Å². The highest BCUT2D eigenvalue weighted by Crippen LogP contribution is 2.48. The van der Waals surface area contributed by atoms with Gasteiger partial charge in [0, 0.05) is 48.1 Å². The molecule has 196 valence electrons. The molecule has 0 N–H and O–H groups in total. The molecule has 0 fully saturated rings. The molecule has 0 aliphatic carbocycles. The van der Waals surface area contributed by atoms with Crippen LogP contribution in [-0.2, 0) is 0 Å². The highest BCUT2D eigenvalue weighted by atomic mass is 32.1. The third-order valence-electron chi connectivity index (χ3n) is 10.1. The van der Waals surface area contributed by atoms with Crippen molar-refractivity contribution in [3.8, 4) is 16.8 Å². The van der Waals surface area contributed by atoms with Crippen LogP contribution in [0.2, 0.25) is 0 Å². The Balaban J connectivity index is 1.40. The minimum absolute atomic E-state index is 0.0250. The van der Waals surface area contributed by atoms with E-state index in [4.69, 9.17) is 4.42 Å². The molecule has 0 radical (unpaired) electrons. The summed E-state index contributed by atoms with van der Waals surface area (Å²) in [6.07, 6.45) is 0. The van der Waals surface area contributed by atoms with E-state index in [0.29, 0.717) is 0 Å². The van der Waals surface area contributed by atoms with Crippen LogP contribution in [0.25, 0.3) is 91.8 Å². The van der Waals surface area contributed by atoms with Gasteiger partial charge in [-0.25, -0.2) is 0 Å². The second-order valence-corrected chi connectivity index (χ2v) is 13.0. The normalized spacial score (nSPS) is 13.5. The minimum Gasteiger partial charge on any atom is -0.454 e. The Morgan fingerprint density at radius 3 is 2.33 bits per heavy atom. The molecular formula is C38H19BN2OS. The van der Waals surface area contributed by atoms with Crippen LogP contribution in [-0.4, -0.2) is 15.9 Å². The Labute approximate surface area is 248 Å². The van der Waals surface area contributed by atoms with E-state index in [1.807, 2.05) is 11.3 Å². The lowest BCUT2D eigenvalue weighted by atomic mass is 9.45. The number of hydrogen-bond donors (Lipinski definition) is 0. The summed E-state index contributed by atoms with van der Waals surface area (Å²) < 4.78 is 13.2. The number of para-hydroxylation sites is 3. The lowest BCUT2D eigenvalue weighted by Crippen LogP contribution is -2.55. The summed E-state index contributed by atoms with van der Waals surface area (Å²) in [5, 5.41) is 8.97. The van der Waals surface area contributed by atoms with Gasteiger partial charge in [0.2, 0.25) is 0 Å². The van der Waals surface area contributed by atoms with Crippen molar-refractivity contribution in [1.82, 2.24) is 9.05 Å². The molecule has 0 saturated heterocycles. The summed E-state index contributed by atoms with van der Waals surface area (Å²) in [5.41, 5.74) is 12.4. The number of furan rings is 1. The van der Waals surface area contributed by atoms with Gasteiger partial charge in [-0.2, -0.15) is 0 Å². The smallest absolute Gasteiger partial charge is 0.333 e. The van der Waals surface area contributed by atoms with Crippen LogP contribution in [0, 0.1) is 0 Å². The van der Waals surface area contributed by atoms with Crippen LogP contribution in [0.5, 0.6) is 0 Å². The molecule has 43 heavy (non-hydrogen) atoms. The number of aromatic nitrogens is 2. The zero-order chi connectivity index (χ0) is 27.6. The quantitative estimate of drug-likeness (QED) is 0.169. The third-order valence-corrected chi connectivity index (χ3v) is 11.2. The molecule has 12 rings (SSSR count). The maximum atomic E-state index is 6.65. The van der Waals surface area contributed by atoms with Crippen molar-refractivity contribution in [2.24, 2.45) is 0 Å². The number of fused-ring (bicyclic) bond motifs is 16. The first-order valence-corrected chi connectivity index (χ1v) is 15.6. The van der Waals surface area contributed by atoms with Crippen LogP contribution in [0.3, 0.4) is 0 Å². The van der Waals surface area contributed by atoms with Gasteiger partial charge in [0.05, 0.1) is 16.7 Å². The predicted molar refractivity (Wildman–Crippen MR) is 182 cm³/mol. The highest BCUT2D eigenvalue weighted by Gasteiger charge is 2.43. The molecule has 10 aromatic rings. The molecule has 0 spiro atoms. The monoisotopic (exact) mass is 562 g/mol. The fraction of sp³-hybridized carbons (Fsp3) is 0. The molecule has 0 saturated carbocycles. The molecule has 0 unspecified atom stereocenters. The van der Waals surface area contributed by atoms with Gasteiger partial charge in [-0.3, -0.25) is 0 Å². The number of thiophene rings is 1. The van der Waals surface area contributed by atoms with Crippen LogP contribution >= 0.6 is 11.3 Å². The SMILES string of the molecule is c1ccc2c3c4c(cc2c1)-c1cccc2c5oc6ccccc6c5n(c12)B4c1cccc2c4c5ccccc5sc4n-3c12. The molecule has 5 heteroatoms. The van der Waals surface area contributed by atoms with Crippen LogP contribution in [0.1, 0.15) is 0 Å². The van der Waals surface area contributed by atoms with E-state index in [-0.39, 0.29) is 6.85 Å². The summed E-state index contributed by atoms with van der Waals surface area (Å²) in [6, 6.07) is 42.5. The largest absolute Gasteiger partial charge is 0.454 e. The zero-order valence-electron chi connectivity index (χ0n) is 22.8. The molecule has 0 atom stereocenters. The first kappa shape index (κ1) is 21.4. The second-order valence-electron chi connectivity index (χ2n) is 12.0. The van der Waals surface area contributed by atoms with E-state index in [0.717, 1.165) is 11.2 Å². The molecule has 0 bridgehead atoms. The molecule has 4 aromatic heterocycles. The predicted octanol–water partition coefficient (Wildman–Crippen LogP) is 8.95. The van der Waals surface area contributed by atoms with Crippen molar-refractivity contribution in [3.63, 3.8) is 0 Å².